The minimum Gasteiger partial charge on any atom is -0.467 e. The molecule has 0 saturated heterocycles. The molecule has 1 atom stereocenters. The van der Waals surface area contributed by atoms with Gasteiger partial charge in [0.25, 0.3) is 5.91 Å². The Morgan fingerprint density at radius 2 is 2.33 bits per heavy atom. The number of methoxy groups -OCH3 is 1. The Labute approximate surface area is 112 Å². The molecule has 0 radical (unpaired) electrons. The second kappa shape index (κ2) is 5.07. The van der Waals surface area contributed by atoms with Crippen LogP contribution >= 0.6 is 15.9 Å². The molecular formula is C12H12BrNO4. The number of halogens is 1. The van der Waals surface area contributed by atoms with E-state index in [0.29, 0.717) is 5.56 Å². The normalized spacial score (nSPS) is 15.5. The third-order valence-electron chi connectivity index (χ3n) is 2.96. The van der Waals surface area contributed by atoms with Crippen LogP contribution in [-0.2, 0) is 16.1 Å². The van der Waals surface area contributed by atoms with E-state index in [9.17, 15) is 14.7 Å². The van der Waals surface area contributed by atoms with Gasteiger partial charge in [-0.1, -0.05) is 22.0 Å². The number of aliphatic hydroxyl groups excluding tert-OH is 1. The van der Waals surface area contributed by atoms with E-state index in [2.05, 4.69) is 20.7 Å². The average molecular weight is 314 g/mol. The van der Waals surface area contributed by atoms with Gasteiger partial charge < -0.3 is 14.7 Å². The fraction of sp³-hybridized carbons (Fsp3) is 0.333. The van der Waals surface area contributed by atoms with Crippen LogP contribution in [0.2, 0.25) is 0 Å². The van der Waals surface area contributed by atoms with Gasteiger partial charge >= 0.3 is 5.97 Å². The monoisotopic (exact) mass is 313 g/mol. The molecule has 18 heavy (non-hydrogen) atoms. The first-order chi connectivity index (χ1) is 8.60. The molecule has 1 aromatic carbocycles. The maximum Gasteiger partial charge on any atom is 0.331 e. The Morgan fingerprint density at radius 1 is 1.61 bits per heavy atom. The largest absolute Gasteiger partial charge is 0.467 e. The molecule has 1 heterocycles. The van der Waals surface area contributed by atoms with Crippen LogP contribution in [0.1, 0.15) is 15.9 Å². The van der Waals surface area contributed by atoms with Crippen molar-refractivity contribution < 1.29 is 19.4 Å². The molecule has 0 saturated carbocycles. The third-order valence-corrected chi connectivity index (χ3v) is 3.70. The van der Waals surface area contributed by atoms with E-state index in [-0.39, 0.29) is 12.5 Å². The fourth-order valence-electron chi connectivity index (χ4n) is 2.00. The highest BCUT2D eigenvalue weighted by Gasteiger charge is 2.37. The SMILES string of the molecule is COC(=O)[C@H](CO)N1Cc2c(Br)cccc2C1=O. The summed E-state index contributed by atoms with van der Waals surface area (Å²) in [6, 6.07) is 4.34. The number of benzene rings is 1. The van der Waals surface area contributed by atoms with E-state index < -0.39 is 18.6 Å². The number of carbonyl (C=O) groups is 2. The second-order valence-electron chi connectivity index (χ2n) is 3.92. The van der Waals surface area contributed by atoms with E-state index in [1.54, 1.807) is 12.1 Å². The molecule has 1 N–H and O–H groups in total. The summed E-state index contributed by atoms with van der Waals surface area (Å²) in [5.41, 5.74) is 1.37. The van der Waals surface area contributed by atoms with Crippen molar-refractivity contribution in [2.45, 2.75) is 12.6 Å². The molecule has 5 nitrogen and oxygen atoms in total. The summed E-state index contributed by atoms with van der Waals surface area (Å²) in [5, 5.41) is 9.25. The van der Waals surface area contributed by atoms with Crippen molar-refractivity contribution in [3.8, 4) is 0 Å². The fourth-order valence-corrected chi connectivity index (χ4v) is 2.50. The molecule has 0 aliphatic carbocycles. The van der Waals surface area contributed by atoms with Crippen LogP contribution in [0.25, 0.3) is 0 Å². The number of ether oxygens (including phenoxy) is 1. The van der Waals surface area contributed by atoms with E-state index in [0.717, 1.165) is 10.0 Å². The van der Waals surface area contributed by atoms with Crippen LogP contribution < -0.4 is 0 Å². The topological polar surface area (TPSA) is 66.8 Å². The standard InChI is InChI=1S/C12H12BrNO4/c1-18-12(17)10(6-15)14-5-8-7(11(14)16)3-2-4-9(8)13/h2-4,10,15H,5-6H2,1H3/t10-/m0/s1. The molecule has 0 aromatic heterocycles. The van der Waals surface area contributed by atoms with Crippen LogP contribution in [0.5, 0.6) is 0 Å². The smallest absolute Gasteiger partial charge is 0.331 e. The van der Waals surface area contributed by atoms with E-state index in [1.807, 2.05) is 6.07 Å². The number of hydrogen-bond acceptors (Lipinski definition) is 4. The number of amides is 1. The highest BCUT2D eigenvalue weighted by Crippen LogP contribution is 2.30. The van der Waals surface area contributed by atoms with Crippen LogP contribution in [0.4, 0.5) is 0 Å². The van der Waals surface area contributed by atoms with Crippen LogP contribution in [-0.4, -0.2) is 41.6 Å². The number of hydrogen-bond donors (Lipinski definition) is 1. The summed E-state index contributed by atoms with van der Waals surface area (Å²) in [7, 11) is 1.23. The van der Waals surface area contributed by atoms with Gasteiger partial charge in [-0.15, -0.1) is 0 Å². The summed E-state index contributed by atoms with van der Waals surface area (Å²) < 4.78 is 5.41. The Bertz CT molecular complexity index is 503. The second-order valence-corrected chi connectivity index (χ2v) is 4.77. The number of nitrogens with zero attached hydrogens (tertiary/aromatic N) is 1. The lowest BCUT2D eigenvalue weighted by molar-refractivity contribution is -0.147. The predicted octanol–water partition coefficient (Wildman–Crippen LogP) is 0.939. The van der Waals surface area contributed by atoms with Crippen molar-refractivity contribution in [1.82, 2.24) is 4.90 Å². The molecule has 96 valence electrons. The van der Waals surface area contributed by atoms with Crippen molar-refractivity contribution >= 4 is 27.8 Å². The first kappa shape index (κ1) is 13.0. The highest BCUT2D eigenvalue weighted by molar-refractivity contribution is 9.10. The third kappa shape index (κ3) is 2.02. The summed E-state index contributed by atoms with van der Waals surface area (Å²) in [5.74, 6) is -0.884. The quantitative estimate of drug-likeness (QED) is 0.843. The van der Waals surface area contributed by atoms with Crippen LogP contribution in [0.3, 0.4) is 0 Å². The first-order valence-corrected chi connectivity index (χ1v) is 6.16. The number of esters is 1. The van der Waals surface area contributed by atoms with Crippen molar-refractivity contribution in [2.24, 2.45) is 0 Å². The van der Waals surface area contributed by atoms with Crippen LogP contribution in [0, 0.1) is 0 Å². The number of rotatable bonds is 3. The summed E-state index contributed by atoms with van der Waals surface area (Å²) in [4.78, 5) is 25.0. The van der Waals surface area contributed by atoms with E-state index >= 15 is 0 Å². The van der Waals surface area contributed by atoms with Gasteiger partial charge in [0.1, 0.15) is 0 Å². The van der Waals surface area contributed by atoms with Gasteiger partial charge in [-0.05, 0) is 17.7 Å². The van der Waals surface area contributed by atoms with Gasteiger partial charge in [-0.3, -0.25) is 4.79 Å². The Morgan fingerprint density at radius 3 is 2.89 bits per heavy atom. The molecule has 0 unspecified atom stereocenters. The number of fused-ring (bicyclic) bond motifs is 1. The summed E-state index contributed by atoms with van der Waals surface area (Å²) >= 11 is 3.37. The Hall–Kier alpha value is -1.40. The van der Waals surface area contributed by atoms with Crippen LogP contribution in [0.15, 0.2) is 22.7 Å². The van der Waals surface area contributed by atoms with E-state index in [4.69, 9.17) is 0 Å². The molecule has 1 aliphatic rings. The first-order valence-electron chi connectivity index (χ1n) is 5.37. The summed E-state index contributed by atoms with van der Waals surface area (Å²) in [6.07, 6.45) is 0. The predicted molar refractivity (Wildman–Crippen MR) is 66.9 cm³/mol. The lowest BCUT2D eigenvalue weighted by atomic mass is 10.1. The molecule has 0 spiro atoms. The number of carbonyl (C=O) groups excluding carboxylic acids is 2. The van der Waals surface area contributed by atoms with Crippen molar-refractivity contribution in [3.63, 3.8) is 0 Å². The molecule has 1 aromatic rings. The van der Waals surface area contributed by atoms with Gasteiger partial charge in [0.2, 0.25) is 0 Å². The van der Waals surface area contributed by atoms with Gasteiger partial charge in [-0.2, -0.15) is 0 Å². The molecule has 1 amide bonds. The molecule has 6 heteroatoms. The van der Waals surface area contributed by atoms with Gasteiger partial charge in [0.15, 0.2) is 6.04 Å². The zero-order valence-corrected chi connectivity index (χ0v) is 11.3. The molecule has 0 fully saturated rings. The molecule has 0 bridgehead atoms. The number of aliphatic hydroxyl groups is 1. The lowest BCUT2D eigenvalue weighted by Crippen LogP contribution is -2.44. The lowest BCUT2D eigenvalue weighted by Gasteiger charge is -2.23. The minimum atomic E-state index is -0.957. The van der Waals surface area contributed by atoms with Gasteiger partial charge in [0, 0.05) is 16.6 Å². The zero-order chi connectivity index (χ0) is 13.3. The highest BCUT2D eigenvalue weighted by atomic mass is 79.9. The molecule has 2 rings (SSSR count). The molecule has 1 aliphatic heterocycles. The average Bonchev–Trinajstić information content (AvgIpc) is 2.70. The Kier molecular flexibility index (Phi) is 3.68. The Balaban J connectivity index is 2.33. The summed E-state index contributed by atoms with van der Waals surface area (Å²) in [6.45, 7) is -0.167. The minimum absolute atomic E-state index is 0.268. The van der Waals surface area contributed by atoms with Crippen molar-refractivity contribution in [2.75, 3.05) is 13.7 Å². The van der Waals surface area contributed by atoms with Gasteiger partial charge in [0.05, 0.1) is 13.7 Å². The molecular weight excluding hydrogens is 302 g/mol. The van der Waals surface area contributed by atoms with Gasteiger partial charge in [-0.25, -0.2) is 4.79 Å². The van der Waals surface area contributed by atoms with Crippen molar-refractivity contribution in [3.05, 3.63) is 33.8 Å². The maximum atomic E-state index is 12.2. The maximum absolute atomic E-state index is 12.2. The van der Waals surface area contributed by atoms with Crippen molar-refractivity contribution in [1.29, 1.82) is 0 Å². The zero-order valence-electron chi connectivity index (χ0n) is 9.72. The van der Waals surface area contributed by atoms with E-state index in [1.165, 1.54) is 12.0 Å².